The summed E-state index contributed by atoms with van der Waals surface area (Å²) in [6.07, 6.45) is 0.308. The van der Waals surface area contributed by atoms with Crippen LogP contribution in [0.1, 0.15) is 25.0 Å². The van der Waals surface area contributed by atoms with Gasteiger partial charge in [0.05, 0.1) is 5.41 Å². The molecule has 16 heavy (non-hydrogen) atoms. The first-order valence-corrected chi connectivity index (χ1v) is 4.99. The SMILES string of the molecule is Cc1c(CC(C)(C)C(=O)O)ccc(O)c1O. The Morgan fingerprint density at radius 1 is 1.31 bits per heavy atom. The van der Waals surface area contributed by atoms with Gasteiger partial charge in [-0.15, -0.1) is 0 Å². The van der Waals surface area contributed by atoms with Crippen LogP contribution in [0.4, 0.5) is 0 Å². The van der Waals surface area contributed by atoms with Gasteiger partial charge in [0.1, 0.15) is 0 Å². The topological polar surface area (TPSA) is 77.8 Å². The zero-order chi connectivity index (χ0) is 12.5. The molecule has 0 bridgehead atoms. The van der Waals surface area contributed by atoms with E-state index in [0.29, 0.717) is 12.0 Å². The summed E-state index contributed by atoms with van der Waals surface area (Å²) in [6, 6.07) is 3.00. The molecule has 0 amide bonds. The molecule has 0 aliphatic rings. The molecule has 0 unspecified atom stereocenters. The number of carboxylic acid groups (broad SMARTS) is 1. The van der Waals surface area contributed by atoms with Gasteiger partial charge >= 0.3 is 5.97 Å². The van der Waals surface area contributed by atoms with Crippen molar-refractivity contribution in [2.75, 3.05) is 0 Å². The predicted octanol–water partition coefficient (Wildman–Crippen LogP) is 2.06. The number of hydrogen-bond donors (Lipinski definition) is 3. The Kier molecular flexibility index (Phi) is 3.12. The summed E-state index contributed by atoms with van der Waals surface area (Å²) < 4.78 is 0. The van der Waals surface area contributed by atoms with Gasteiger partial charge < -0.3 is 15.3 Å². The fraction of sp³-hybridized carbons (Fsp3) is 0.417. The normalized spacial score (nSPS) is 11.4. The minimum atomic E-state index is -0.895. The van der Waals surface area contributed by atoms with Gasteiger partial charge in [-0.2, -0.15) is 0 Å². The summed E-state index contributed by atoms with van der Waals surface area (Å²) >= 11 is 0. The largest absolute Gasteiger partial charge is 0.504 e. The van der Waals surface area contributed by atoms with E-state index in [1.807, 2.05) is 0 Å². The number of phenolic OH excluding ortho intramolecular Hbond substituents is 2. The molecule has 0 aliphatic heterocycles. The molecule has 4 nitrogen and oxygen atoms in total. The van der Waals surface area contributed by atoms with Gasteiger partial charge in [-0.1, -0.05) is 6.07 Å². The molecule has 0 fully saturated rings. The van der Waals surface area contributed by atoms with E-state index in [1.54, 1.807) is 26.8 Å². The quantitative estimate of drug-likeness (QED) is 0.687. The third-order valence-electron chi connectivity index (χ3n) is 2.73. The number of aliphatic carboxylic acids is 1. The third-order valence-corrected chi connectivity index (χ3v) is 2.73. The smallest absolute Gasteiger partial charge is 0.309 e. The van der Waals surface area contributed by atoms with Crippen LogP contribution >= 0.6 is 0 Å². The number of rotatable bonds is 3. The van der Waals surface area contributed by atoms with Gasteiger partial charge in [-0.25, -0.2) is 0 Å². The number of carbonyl (C=O) groups is 1. The lowest BCUT2D eigenvalue weighted by molar-refractivity contribution is -0.146. The van der Waals surface area contributed by atoms with Gasteiger partial charge in [0.2, 0.25) is 0 Å². The van der Waals surface area contributed by atoms with Gasteiger partial charge in [-0.05, 0) is 44.4 Å². The third kappa shape index (κ3) is 2.27. The van der Waals surface area contributed by atoms with Crippen LogP contribution in [0, 0.1) is 12.3 Å². The number of phenols is 2. The van der Waals surface area contributed by atoms with Crippen molar-refractivity contribution in [3.05, 3.63) is 23.3 Å². The molecule has 1 aromatic carbocycles. The Morgan fingerprint density at radius 3 is 2.38 bits per heavy atom. The Bertz CT molecular complexity index is 421. The van der Waals surface area contributed by atoms with Crippen LogP contribution in [-0.4, -0.2) is 21.3 Å². The van der Waals surface area contributed by atoms with E-state index in [-0.39, 0.29) is 11.5 Å². The highest BCUT2D eigenvalue weighted by Gasteiger charge is 2.28. The number of hydrogen-bond acceptors (Lipinski definition) is 3. The molecule has 0 aliphatic carbocycles. The molecule has 0 saturated carbocycles. The van der Waals surface area contributed by atoms with Crippen molar-refractivity contribution in [2.24, 2.45) is 5.41 Å². The Morgan fingerprint density at radius 2 is 1.88 bits per heavy atom. The van der Waals surface area contributed by atoms with Crippen LogP contribution in [0.3, 0.4) is 0 Å². The summed E-state index contributed by atoms with van der Waals surface area (Å²) in [5.74, 6) is -1.26. The van der Waals surface area contributed by atoms with E-state index in [0.717, 1.165) is 5.56 Å². The van der Waals surface area contributed by atoms with Crippen molar-refractivity contribution in [3.8, 4) is 11.5 Å². The van der Waals surface area contributed by atoms with Crippen molar-refractivity contribution < 1.29 is 20.1 Å². The lowest BCUT2D eigenvalue weighted by Crippen LogP contribution is -2.26. The molecule has 1 aromatic rings. The van der Waals surface area contributed by atoms with E-state index in [9.17, 15) is 15.0 Å². The summed E-state index contributed by atoms with van der Waals surface area (Å²) in [4.78, 5) is 11.0. The highest BCUT2D eigenvalue weighted by Crippen LogP contribution is 2.33. The summed E-state index contributed by atoms with van der Waals surface area (Å²) in [7, 11) is 0. The lowest BCUT2D eigenvalue weighted by Gasteiger charge is -2.20. The average Bonchev–Trinajstić information content (AvgIpc) is 2.19. The van der Waals surface area contributed by atoms with E-state index in [2.05, 4.69) is 0 Å². The van der Waals surface area contributed by atoms with Crippen molar-refractivity contribution >= 4 is 5.97 Å². The molecule has 0 radical (unpaired) electrons. The first kappa shape index (κ1) is 12.4. The second-order valence-electron chi connectivity index (χ2n) is 4.58. The van der Waals surface area contributed by atoms with E-state index in [1.165, 1.54) is 6.07 Å². The number of aromatic hydroxyl groups is 2. The maximum absolute atomic E-state index is 11.0. The van der Waals surface area contributed by atoms with Crippen LogP contribution in [0.15, 0.2) is 12.1 Å². The molecule has 0 saturated heterocycles. The van der Waals surface area contributed by atoms with Crippen molar-refractivity contribution in [1.82, 2.24) is 0 Å². The Balaban J connectivity index is 3.08. The maximum atomic E-state index is 11.0. The summed E-state index contributed by atoms with van der Waals surface area (Å²) in [6.45, 7) is 4.90. The molecule has 4 heteroatoms. The van der Waals surface area contributed by atoms with Crippen molar-refractivity contribution in [1.29, 1.82) is 0 Å². The molecule has 1 rings (SSSR count). The molecular weight excluding hydrogens is 208 g/mol. The standard InChI is InChI=1S/C12H16O4/c1-7-8(4-5-9(13)10(7)14)6-12(2,3)11(15)16/h4-5,13-14H,6H2,1-3H3,(H,15,16). The zero-order valence-electron chi connectivity index (χ0n) is 9.61. The monoisotopic (exact) mass is 224 g/mol. The first-order valence-electron chi connectivity index (χ1n) is 4.99. The molecule has 0 atom stereocenters. The molecule has 0 heterocycles. The lowest BCUT2D eigenvalue weighted by atomic mass is 9.84. The first-order chi connectivity index (χ1) is 7.25. The minimum Gasteiger partial charge on any atom is -0.504 e. The maximum Gasteiger partial charge on any atom is 0.309 e. The molecule has 3 N–H and O–H groups in total. The Hall–Kier alpha value is -1.71. The second-order valence-corrected chi connectivity index (χ2v) is 4.58. The fourth-order valence-corrected chi connectivity index (χ4v) is 1.47. The molecule has 0 spiro atoms. The van der Waals surface area contributed by atoms with Crippen LogP contribution in [0.2, 0.25) is 0 Å². The van der Waals surface area contributed by atoms with Gasteiger partial charge in [0.15, 0.2) is 11.5 Å². The molecular formula is C12H16O4. The minimum absolute atomic E-state index is 0.182. The second kappa shape index (κ2) is 4.04. The number of carboxylic acids is 1. The molecule has 88 valence electrons. The summed E-state index contributed by atoms with van der Waals surface area (Å²) in [5.41, 5.74) is 0.353. The van der Waals surface area contributed by atoms with Crippen LogP contribution in [-0.2, 0) is 11.2 Å². The van der Waals surface area contributed by atoms with E-state index in [4.69, 9.17) is 5.11 Å². The predicted molar refractivity (Wildman–Crippen MR) is 59.6 cm³/mol. The van der Waals surface area contributed by atoms with Gasteiger partial charge in [0.25, 0.3) is 0 Å². The van der Waals surface area contributed by atoms with E-state index < -0.39 is 11.4 Å². The van der Waals surface area contributed by atoms with E-state index >= 15 is 0 Å². The van der Waals surface area contributed by atoms with Crippen molar-refractivity contribution in [3.63, 3.8) is 0 Å². The highest BCUT2D eigenvalue weighted by atomic mass is 16.4. The van der Waals surface area contributed by atoms with Crippen LogP contribution in [0.25, 0.3) is 0 Å². The number of benzene rings is 1. The van der Waals surface area contributed by atoms with Gasteiger partial charge in [-0.3, -0.25) is 4.79 Å². The van der Waals surface area contributed by atoms with Crippen LogP contribution in [0.5, 0.6) is 11.5 Å². The van der Waals surface area contributed by atoms with Crippen molar-refractivity contribution in [2.45, 2.75) is 27.2 Å². The highest BCUT2D eigenvalue weighted by molar-refractivity contribution is 5.74. The zero-order valence-corrected chi connectivity index (χ0v) is 9.61. The summed E-state index contributed by atoms with van der Waals surface area (Å²) in [5, 5.41) is 27.8. The average molecular weight is 224 g/mol. The van der Waals surface area contributed by atoms with Crippen LogP contribution < -0.4 is 0 Å². The molecule has 0 aromatic heterocycles. The Labute approximate surface area is 94.2 Å². The van der Waals surface area contributed by atoms with Gasteiger partial charge in [0, 0.05) is 0 Å². The fourth-order valence-electron chi connectivity index (χ4n) is 1.47.